The molecule has 2 atom stereocenters. The smallest absolute Gasteiger partial charge is 0.266 e. The first kappa shape index (κ1) is 28.7. The Morgan fingerprint density at radius 2 is 2.05 bits per heavy atom. The Kier molecular flexibility index (Phi) is 8.40. The molecule has 1 aliphatic heterocycles. The van der Waals surface area contributed by atoms with Crippen molar-refractivity contribution in [1.82, 2.24) is 19.8 Å². The van der Waals surface area contributed by atoms with Gasteiger partial charge in [-0.2, -0.15) is 5.26 Å². The summed E-state index contributed by atoms with van der Waals surface area (Å²) in [6.07, 6.45) is 2.60. The van der Waals surface area contributed by atoms with Gasteiger partial charge in [0.05, 0.1) is 47.4 Å². The van der Waals surface area contributed by atoms with Crippen LogP contribution in [-0.2, 0) is 15.6 Å². The number of carbonyl (C=O) groups excluding carboxylic acids is 1. The molecule has 0 bridgehead atoms. The van der Waals surface area contributed by atoms with Crippen LogP contribution in [-0.4, -0.2) is 66.8 Å². The average Bonchev–Trinajstić information content (AvgIpc) is 3.32. The monoisotopic (exact) mass is 545 g/mol. The summed E-state index contributed by atoms with van der Waals surface area (Å²) < 4.78 is 6.69. The molecule has 1 fully saturated rings. The van der Waals surface area contributed by atoms with Crippen molar-refractivity contribution in [3.8, 4) is 6.07 Å². The largest absolute Gasteiger partial charge is 0.413 e. The number of hydrogen-bond acceptors (Lipinski definition) is 6. The SMILES string of the molecule is CN(C(=O)Cc1ccc2ncc(=O)[nH]c2c1)[C@H](CN1CCC(O[Si](C)(C)C(C)(C)C)C1)c1cccc(C#N)c1. The fourth-order valence-corrected chi connectivity index (χ4v) is 6.22. The average molecular weight is 546 g/mol. The van der Waals surface area contributed by atoms with Crippen molar-refractivity contribution in [3.63, 3.8) is 0 Å². The number of aromatic amines is 1. The molecule has 1 saturated heterocycles. The highest BCUT2D eigenvalue weighted by Gasteiger charge is 2.41. The van der Waals surface area contributed by atoms with Crippen LogP contribution in [0.2, 0.25) is 18.1 Å². The minimum Gasteiger partial charge on any atom is -0.413 e. The van der Waals surface area contributed by atoms with Crippen LogP contribution in [0.3, 0.4) is 0 Å². The van der Waals surface area contributed by atoms with Crippen molar-refractivity contribution >= 4 is 25.3 Å². The van der Waals surface area contributed by atoms with E-state index < -0.39 is 8.32 Å². The molecular weight excluding hydrogens is 506 g/mol. The Balaban J connectivity index is 1.52. The predicted octanol–water partition coefficient (Wildman–Crippen LogP) is 4.63. The summed E-state index contributed by atoms with van der Waals surface area (Å²) in [7, 11) is -0.0463. The van der Waals surface area contributed by atoms with Gasteiger partial charge in [-0.25, -0.2) is 4.98 Å². The molecule has 1 aromatic heterocycles. The standard InChI is InChI=1S/C30H39N5O3Si/c1-30(2,3)39(5,6)38-24-12-13-35(19-24)20-27(23-9-7-8-22(14-23)17-31)34(4)29(37)16-21-10-11-25-26(15-21)33-28(36)18-32-25/h7-11,14-15,18,24,27H,12-13,16,19-20H2,1-6H3,(H,33,36)/t24?,27-/m1/s1. The summed E-state index contributed by atoms with van der Waals surface area (Å²) in [5.41, 5.74) is 3.32. The first-order valence-corrected chi connectivity index (χ1v) is 16.4. The zero-order valence-corrected chi connectivity index (χ0v) is 24.8. The number of H-pyrrole nitrogens is 1. The minimum absolute atomic E-state index is 0.0405. The number of likely N-dealkylation sites (tertiary alicyclic amines) is 1. The molecule has 3 aromatic rings. The van der Waals surface area contributed by atoms with Gasteiger partial charge >= 0.3 is 0 Å². The third-order valence-electron chi connectivity index (χ3n) is 8.18. The van der Waals surface area contributed by atoms with E-state index in [1.165, 1.54) is 6.20 Å². The number of benzene rings is 2. The molecule has 0 radical (unpaired) electrons. The van der Waals surface area contributed by atoms with Crippen molar-refractivity contribution in [3.05, 3.63) is 75.7 Å². The van der Waals surface area contributed by atoms with Crippen LogP contribution >= 0.6 is 0 Å². The minimum atomic E-state index is -1.88. The second-order valence-electron chi connectivity index (χ2n) is 12.1. The lowest BCUT2D eigenvalue weighted by molar-refractivity contribution is -0.131. The molecule has 0 spiro atoms. The number of rotatable bonds is 8. The van der Waals surface area contributed by atoms with E-state index in [4.69, 9.17) is 4.43 Å². The van der Waals surface area contributed by atoms with Gasteiger partial charge < -0.3 is 14.3 Å². The van der Waals surface area contributed by atoms with Crippen LogP contribution in [0.15, 0.2) is 53.5 Å². The van der Waals surface area contributed by atoms with E-state index in [0.717, 1.165) is 30.6 Å². The maximum atomic E-state index is 13.6. The second-order valence-corrected chi connectivity index (χ2v) is 16.8. The first-order valence-electron chi connectivity index (χ1n) is 13.5. The zero-order valence-electron chi connectivity index (χ0n) is 23.8. The van der Waals surface area contributed by atoms with Crippen LogP contribution < -0.4 is 5.56 Å². The molecule has 1 amide bonds. The fourth-order valence-electron chi connectivity index (χ4n) is 4.84. The van der Waals surface area contributed by atoms with Crippen molar-refractivity contribution < 1.29 is 9.22 Å². The molecule has 2 aromatic carbocycles. The molecule has 4 rings (SSSR count). The summed E-state index contributed by atoms with van der Waals surface area (Å²) in [5.74, 6) is -0.0405. The first-order chi connectivity index (χ1) is 18.4. The van der Waals surface area contributed by atoms with Gasteiger partial charge in [0, 0.05) is 26.7 Å². The quantitative estimate of drug-likeness (QED) is 0.414. The van der Waals surface area contributed by atoms with Crippen molar-refractivity contribution in [1.29, 1.82) is 5.26 Å². The van der Waals surface area contributed by atoms with E-state index in [1.807, 2.05) is 43.4 Å². The number of nitrogens with one attached hydrogen (secondary N) is 1. The van der Waals surface area contributed by atoms with Gasteiger partial charge in [-0.05, 0) is 59.9 Å². The van der Waals surface area contributed by atoms with Gasteiger partial charge in [-0.15, -0.1) is 0 Å². The summed E-state index contributed by atoms with van der Waals surface area (Å²) in [4.78, 5) is 36.3. The summed E-state index contributed by atoms with van der Waals surface area (Å²) in [6, 6.07) is 15.0. The lowest BCUT2D eigenvalue weighted by Gasteiger charge is -2.38. The number of carbonyl (C=O) groups is 1. The highest BCUT2D eigenvalue weighted by Crippen LogP contribution is 2.38. The van der Waals surface area contributed by atoms with Crippen molar-refractivity contribution in [2.75, 3.05) is 26.7 Å². The van der Waals surface area contributed by atoms with Gasteiger partial charge in [-0.3, -0.25) is 14.5 Å². The molecule has 8 nitrogen and oxygen atoms in total. The normalized spacial score (nSPS) is 17.2. The predicted molar refractivity (Wildman–Crippen MR) is 156 cm³/mol. The van der Waals surface area contributed by atoms with Gasteiger partial charge in [0.2, 0.25) is 5.91 Å². The van der Waals surface area contributed by atoms with Crippen LogP contribution in [0, 0.1) is 11.3 Å². The summed E-state index contributed by atoms with van der Waals surface area (Å²) >= 11 is 0. The molecule has 2 heterocycles. The molecule has 1 aliphatic rings. The Morgan fingerprint density at radius 3 is 2.77 bits per heavy atom. The highest BCUT2D eigenvalue weighted by molar-refractivity contribution is 6.74. The molecule has 9 heteroatoms. The van der Waals surface area contributed by atoms with Crippen LogP contribution in [0.25, 0.3) is 11.0 Å². The molecule has 0 aliphatic carbocycles. The van der Waals surface area contributed by atoms with Gasteiger partial charge in [-0.1, -0.05) is 39.0 Å². The summed E-state index contributed by atoms with van der Waals surface area (Å²) in [5, 5.41) is 9.65. The van der Waals surface area contributed by atoms with E-state index in [1.54, 1.807) is 11.0 Å². The highest BCUT2D eigenvalue weighted by atomic mass is 28.4. The lowest BCUT2D eigenvalue weighted by Crippen LogP contribution is -2.45. The Hall–Kier alpha value is -3.32. The molecule has 0 saturated carbocycles. The summed E-state index contributed by atoms with van der Waals surface area (Å²) in [6.45, 7) is 13.7. The van der Waals surface area contributed by atoms with Crippen molar-refractivity contribution in [2.24, 2.45) is 0 Å². The van der Waals surface area contributed by atoms with Crippen LogP contribution in [0.5, 0.6) is 0 Å². The number of hydrogen-bond donors (Lipinski definition) is 1. The number of likely N-dealkylation sites (N-methyl/N-ethyl adjacent to an activating group) is 1. The maximum absolute atomic E-state index is 13.6. The Morgan fingerprint density at radius 1 is 1.28 bits per heavy atom. The van der Waals surface area contributed by atoms with Crippen LogP contribution in [0.4, 0.5) is 0 Å². The molecular formula is C30H39N5O3Si. The number of fused-ring (bicyclic) bond motifs is 1. The van der Waals surface area contributed by atoms with Gasteiger partial charge in [0.1, 0.15) is 0 Å². The zero-order chi connectivity index (χ0) is 28.4. The topological polar surface area (TPSA) is 102 Å². The van der Waals surface area contributed by atoms with E-state index >= 15 is 0 Å². The Bertz CT molecular complexity index is 1440. The van der Waals surface area contributed by atoms with Gasteiger partial charge in [0.15, 0.2) is 8.32 Å². The third kappa shape index (κ3) is 6.82. The number of nitrogens with zero attached hydrogens (tertiary/aromatic N) is 4. The molecule has 39 heavy (non-hydrogen) atoms. The third-order valence-corrected chi connectivity index (χ3v) is 12.7. The number of aromatic nitrogens is 2. The lowest BCUT2D eigenvalue weighted by atomic mass is 10.0. The van der Waals surface area contributed by atoms with E-state index in [0.29, 0.717) is 23.1 Å². The number of nitriles is 1. The maximum Gasteiger partial charge on any atom is 0.266 e. The second kappa shape index (κ2) is 11.4. The van der Waals surface area contributed by atoms with Crippen LogP contribution in [0.1, 0.15) is 49.9 Å². The van der Waals surface area contributed by atoms with Gasteiger partial charge in [0.25, 0.3) is 5.56 Å². The Labute approximate surface area is 231 Å². The number of amides is 1. The van der Waals surface area contributed by atoms with E-state index in [2.05, 4.69) is 54.8 Å². The van der Waals surface area contributed by atoms with E-state index in [-0.39, 0.29) is 35.1 Å². The molecule has 1 unspecified atom stereocenters. The fraction of sp³-hybridized carbons (Fsp3) is 0.467. The molecule has 1 N–H and O–H groups in total. The van der Waals surface area contributed by atoms with Crippen molar-refractivity contribution in [2.45, 2.75) is 63.9 Å². The molecule has 206 valence electrons. The van der Waals surface area contributed by atoms with E-state index in [9.17, 15) is 14.9 Å².